The third-order valence-corrected chi connectivity index (χ3v) is 5.27. The first-order valence-electron chi connectivity index (χ1n) is 9.67. The zero-order valence-electron chi connectivity index (χ0n) is 17.1. The number of fused-ring (bicyclic) bond motifs is 1. The molecular formula is C22H22N4O5. The van der Waals surface area contributed by atoms with Crippen LogP contribution in [0.15, 0.2) is 48.8 Å². The van der Waals surface area contributed by atoms with E-state index in [9.17, 15) is 14.7 Å². The fraction of sp³-hybridized carbons (Fsp3) is 0.227. The van der Waals surface area contributed by atoms with Crippen LogP contribution in [-0.2, 0) is 6.42 Å². The van der Waals surface area contributed by atoms with Crippen molar-refractivity contribution in [1.29, 1.82) is 0 Å². The molecule has 1 unspecified atom stereocenters. The summed E-state index contributed by atoms with van der Waals surface area (Å²) in [6.07, 6.45) is 2.21. The minimum absolute atomic E-state index is 0.0212. The second kappa shape index (κ2) is 8.39. The molecule has 9 heteroatoms. The van der Waals surface area contributed by atoms with Crippen molar-refractivity contribution in [2.45, 2.75) is 12.5 Å². The standard InChI is InChI=1S/C22H22N4O5/c1-30-14-9-13(10-15(11-14)31-2)20-19-18(23-12-24-19)7-8-26(20)22(29)25-17-6-4-3-5-16(17)21(27)28/h3-6,9-12,20H,7-8H2,1-2H3,(H,23,24)(H,25,29)(H,27,28). The van der Waals surface area contributed by atoms with Crippen molar-refractivity contribution >= 4 is 17.7 Å². The average Bonchev–Trinajstić information content (AvgIpc) is 3.27. The summed E-state index contributed by atoms with van der Waals surface area (Å²) < 4.78 is 10.8. The highest BCUT2D eigenvalue weighted by Crippen LogP contribution is 2.37. The topological polar surface area (TPSA) is 117 Å². The van der Waals surface area contributed by atoms with Gasteiger partial charge in [-0.15, -0.1) is 0 Å². The molecule has 3 N–H and O–H groups in total. The van der Waals surface area contributed by atoms with Crippen LogP contribution in [-0.4, -0.2) is 52.7 Å². The monoisotopic (exact) mass is 422 g/mol. The predicted octanol–water partition coefficient (Wildman–Crippen LogP) is 3.30. The molecule has 0 spiro atoms. The van der Waals surface area contributed by atoms with Crippen molar-refractivity contribution in [2.75, 3.05) is 26.1 Å². The molecule has 0 saturated carbocycles. The molecule has 1 atom stereocenters. The Morgan fingerprint density at radius 1 is 1.16 bits per heavy atom. The van der Waals surface area contributed by atoms with Gasteiger partial charge in [-0.1, -0.05) is 12.1 Å². The van der Waals surface area contributed by atoms with Crippen LogP contribution < -0.4 is 14.8 Å². The van der Waals surface area contributed by atoms with Crippen molar-refractivity contribution < 1.29 is 24.2 Å². The highest BCUT2D eigenvalue weighted by Gasteiger charge is 2.35. The molecule has 1 aliphatic heterocycles. The Morgan fingerprint density at radius 3 is 2.55 bits per heavy atom. The SMILES string of the molecule is COc1cc(OC)cc(C2c3nc[nH]c3CCN2C(=O)Nc2ccccc2C(=O)O)c1. The number of aromatic nitrogens is 2. The van der Waals surface area contributed by atoms with E-state index in [1.165, 1.54) is 6.07 Å². The molecule has 160 valence electrons. The Morgan fingerprint density at radius 2 is 1.87 bits per heavy atom. The third kappa shape index (κ3) is 3.89. The number of aromatic amines is 1. The second-order valence-corrected chi connectivity index (χ2v) is 7.04. The summed E-state index contributed by atoms with van der Waals surface area (Å²) >= 11 is 0. The smallest absolute Gasteiger partial charge is 0.337 e. The van der Waals surface area contributed by atoms with E-state index in [4.69, 9.17) is 9.47 Å². The minimum atomic E-state index is -1.11. The van der Waals surface area contributed by atoms with Gasteiger partial charge in [-0.2, -0.15) is 0 Å². The fourth-order valence-electron chi connectivity index (χ4n) is 3.79. The first kappa shape index (κ1) is 20.3. The van der Waals surface area contributed by atoms with Crippen LogP contribution in [0.3, 0.4) is 0 Å². The Balaban J connectivity index is 1.74. The van der Waals surface area contributed by atoms with Gasteiger partial charge >= 0.3 is 12.0 Å². The summed E-state index contributed by atoms with van der Waals surface area (Å²) in [7, 11) is 3.12. The van der Waals surface area contributed by atoms with Crippen molar-refractivity contribution in [3.63, 3.8) is 0 Å². The molecule has 0 fully saturated rings. The van der Waals surface area contributed by atoms with Crippen molar-refractivity contribution in [3.05, 3.63) is 71.3 Å². The van der Waals surface area contributed by atoms with Crippen LogP contribution in [0, 0.1) is 0 Å². The lowest BCUT2D eigenvalue weighted by Gasteiger charge is -2.35. The zero-order valence-corrected chi connectivity index (χ0v) is 17.1. The summed E-state index contributed by atoms with van der Waals surface area (Å²) in [5.41, 5.74) is 2.69. The van der Waals surface area contributed by atoms with Crippen molar-refractivity contribution in [1.82, 2.24) is 14.9 Å². The number of hydrogen-bond acceptors (Lipinski definition) is 5. The van der Waals surface area contributed by atoms with E-state index in [1.807, 2.05) is 12.1 Å². The summed E-state index contributed by atoms with van der Waals surface area (Å²) in [4.78, 5) is 34.0. The summed E-state index contributed by atoms with van der Waals surface area (Å²) in [5, 5.41) is 12.2. The molecule has 1 aliphatic rings. The number of rotatable bonds is 5. The number of aromatic carboxylic acids is 1. The molecule has 0 bridgehead atoms. The van der Waals surface area contributed by atoms with Crippen molar-refractivity contribution in [2.24, 2.45) is 0 Å². The molecule has 4 rings (SSSR count). The van der Waals surface area contributed by atoms with Gasteiger partial charge in [0.1, 0.15) is 17.5 Å². The van der Waals surface area contributed by atoms with E-state index in [0.717, 1.165) is 17.0 Å². The van der Waals surface area contributed by atoms with Gasteiger partial charge in [-0.25, -0.2) is 14.6 Å². The van der Waals surface area contributed by atoms with Crippen LogP contribution >= 0.6 is 0 Å². The molecule has 0 saturated heterocycles. The fourth-order valence-corrected chi connectivity index (χ4v) is 3.79. The number of carboxylic acid groups (broad SMARTS) is 1. The van der Waals surface area contributed by atoms with E-state index >= 15 is 0 Å². The van der Waals surface area contributed by atoms with Gasteiger partial charge < -0.3 is 29.8 Å². The number of carbonyl (C=O) groups excluding carboxylic acids is 1. The van der Waals surface area contributed by atoms with E-state index < -0.39 is 18.0 Å². The normalized spacial score (nSPS) is 15.2. The predicted molar refractivity (Wildman–Crippen MR) is 113 cm³/mol. The lowest BCUT2D eigenvalue weighted by molar-refractivity contribution is 0.0698. The van der Waals surface area contributed by atoms with E-state index in [2.05, 4.69) is 15.3 Å². The largest absolute Gasteiger partial charge is 0.497 e. The number of hydrogen-bond donors (Lipinski definition) is 3. The van der Waals surface area contributed by atoms with Crippen molar-refractivity contribution in [3.8, 4) is 11.5 Å². The second-order valence-electron chi connectivity index (χ2n) is 7.04. The summed E-state index contributed by atoms with van der Waals surface area (Å²) in [6.45, 7) is 0.417. The van der Waals surface area contributed by atoms with Gasteiger partial charge in [0.05, 0.1) is 37.5 Å². The maximum atomic E-state index is 13.3. The third-order valence-electron chi connectivity index (χ3n) is 5.27. The van der Waals surface area contributed by atoms with Gasteiger partial charge in [0.25, 0.3) is 0 Å². The molecule has 0 radical (unpaired) electrons. The maximum absolute atomic E-state index is 13.3. The molecule has 3 aromatic rings. The van der Waals surface area contributed by atoms with Gasteiger partial charge in [0, 0.05) is 24.7 Å². The number of para-hydroxylation sites is 1. The number of ether oxygens (including phenoxy) is 2. The first-order valence-corrected chi connectivity index (χ1v) is 9.67. The number of H-pyrrole nitrogens is 1. The van der Waals surface area contributed by atoms with Gasteiger partial charge in [-0.3, -0.25) is 0 Å². The molecule has 2 aromatic carbocycles. The van der Waals surface area contributed by atoms with Gasteiger partial charge in [-0.05, 0) is 29.8 Å². The number of methoxy groups -OCH3 is 2. The lowest BCUT2D eigenvalue weighted by Crippen LogP contribution is -2.43. The van der Waals surface area contributed by atoms with Crippen LogP contribution in [0.5, 0.6) is 11.5 Å². The molecule has 9 nitrogen and oxygen atoms in total. The molecule has 2 amide bonds. The quantitative estimate of drug-likeness (QED) is 0.581. The molecule has 1 aromatic heterocycles. The number of carboxylic acids is 1. The van der Waals surface area contributed by atoms with Crippen LogP contribution in [0.1, 0.15) is 33.4 Å². The number of nitrogens with zero attached hydrogens (tertiary/aromatic N) is 2. The number of amides is 2. The first-order chi connectivity index (χ1) is 15.0. The van der Waals surface area contributed by atoms with Gasteiger partial charge in [0.2, 0.25) is 0 Å². The van der Waals surface area contributed by atoms with Crippen LogP contribution in [0.2, 0.25) is 0 Å². The number of nitrogens with one attached hydrogen (secondary N) is 2. The maximum Gasteiger partial charge on any atom is 0.337 e. The Hall–Kier alpha value is -4.01. The Labute approximate surface area is 178 Å². The molecular weight excluding hydrogens is 400 g/mol. The van der Waals surface area contributed by atoms with Gasteiger partial charge in [0.15, 0.2) is 0 Å². The van der Waals surface area contributed by atoms with Crippen LogP contribution in [0.4, 0.5) is 10.5 Å². The molecule has 2 heterocycles. The average molecular weight is 422 g/mol. The highest BCUT2D eigenvalue weighted by molar-refractivity contribution is 6.00. The number of anilines is 1. The van der Waals surface area contributed by atoms with E-state index in [1.54, 1.807) is 49.7 Å². The summed E-state index contributed by atoms with van der Waals surface area (Å²) in [6, 6.07) is 10.8. The van der Waals surface area contributed by atoms with E-state index in [-0.39, 0.29) is 11.3 Å². The minimum Gasteiger partial charge on any atom is -0.497 e. The van der Waals surface area contributed by atoms with Crippen LogP contribution in [0.25, 0.3) is 0 Å². The number of imidazole rings is 1. The molecule has 0 aliphatic carbocycles. The summed E-state index contributed by atoms with van der Waals surface area (Å²) in [5.74, 6) is 0.0698. The zero-order chi connectivity index (χ0) is 22.0. The number of urea groups is 1. The lowest BCUT2D eigenvalue weighted by atomic mass is 9.95. The Kier molecular flexibility index (Phi) is 5.48. The number of carbonyl (C=O) groups is 2. The highest BCUT2D eigenvalue weighted by atomic mass is 16.5. The van der Waals surface area contributed by atoms with E-state index in [0.29, 0.717) is 24.5 Å². The Bertz CT molecular complexity index is 1100. The molecule has 31 heavy (non-hydrogen) atoms. The number of benzene rings is 2.